The molecular weight excluding hydrogens is 412 g/mol. The molecule has 0 aliphatic carbocycles. The molecule has 0 saturated carbocycles. The molecule has 0 spiro atoms. The number of anilines is 2. The van der Waals surface area contributed by atoms with Gasteiger partial charge in [-0.1, -0.05) is 5.21 Å². The fourth-order valence-electron chi connectivity index (χ4n) is 5.39. The Morgan fingerprint density at radius 2 is 1.97 bits per heavy atom. The third-order valence-corrected chi connectivity index (χ3v) is 7.28. The SMILES string of the molecule is Cc1cc(N2CCC(N3CCCC3C)C2)ccc1NC(=O)c1ccc2c(c1)nnn2C(C)C. The summed E-state index contributed by atoms with van der Waals surface area (Å²) in [5.41, 5.74) is 5.42. The number of nitrogens with zero attached hydrogens (tertiary/aromatic N) is 5. The van der Waals surface area contributed by atoms with Crippen molar-refractivity contribution >= 4 is 28.3 Å². The lowest BCUT2D eigenvalue weighted by atomic mass is 10.1. The molecule has 1 amide bonds. The summed E-state index contributed by atoms with van der Waals surface area (Å²) in [7, 11) is 0. The number of aryl methyl sites for hydroxylation is 1. The molecule has 174 valence electrons. The molecule has 3 aromatic rings. The number of nitrogens with one attached hydrogen (secondary N) is 1. The molecule has 7 heteroatoms. The highest BCUT2D eigenvalue weighted by atomic mass is 16.1. The van der Waals surface area contributed by atoms with E-state index in [1.54, 1.807) is 0 Å². The molecule has 7 nitrogen and oxygen atoms in total. The van der Waals surface area contributed by atoms with E-state index < -0.39 is 0 Å². The minimum Gasteiger partial charge on any atom is -0.370 e. The van der Waals surface area contributed by atoms with Crippen molar-refractivity contribution in [2.45, 2.75) is 65.1 Å². The van der Waals surface area contributed by atoms with E-state index in [1.807, 2.05) is 28.9 Å². The van der Waals surface area contributed by atoms with Crippen LogP contribution in [0.15, 0.2) is 36.4 Å². The topological polar surface area (TPSA) is 66.3 Å². The Balaban J connectivity index is 1.27. The van der Waals surface area contributed by atoms with Crippen LogP contribution in [0.2, 0.25) is 0 Å². The number of benzene rings is 2. The van der Waals surface area contributed by atoms with E-state index in [2.05, 4.69) is 65.3 Å². The van der Waals surface area contributed by atoms with E-state index >= 15 is 0 Å². The zero-order chi connectivity index (χ0) is 23.1. The summed E-state index contributed by atoms with van der Waals surface area (Å²) in [4.78, 5) is 18.1. The number of amides is 1. The Kier molecular flexibility index (Phi) is 5.83. The monoisotopic (exact) mass is 446 g/mol. The first-order chi connectivity index (χ1) is 15.9. The lowest BCUT2D eigenvalue weighted by molar-refractivity contribution is 0.102. The van der Waals surface area contributed by atoms with Gasteiger partial charge in [-0.05, 0) is 95.5 Å². The Morgan fingerprint density at radius 3 is 2.70 bits per heavy atom. The van der Waals surface area contributed by atoms with Crippen molar-refractivity contribution in [3.63, 3.8) is 0 Å². The molecule has 0 radical (unpaired) electrons. The van der Waals surface area contributed by atoms with Crippen molar-refractivity contribution in [2.24, 2.45) is 0 Å². The van der Waals surface area contributed by atoms with Gasteiger partial charge < -0.3 is 10.2 Å². The molecule has 0 bridgehead atoms. The second kappa shape index (κ2) is 8.78. The minimum absolute atomic E-state index is 0.129. The zero-order valence-electron chi connectivity index (χ0n) is 20.1. The lowest BCUT2D eigenvalue weighted by Gasteiger charge is -2.28. The highest BCUT2D eigenvalue weighted by Gasteiger charge is 2.33. The molecule has 3 heterocycles. The van der Waals surface area contributed by atoms with Gasteiger partial charge in [-0.2, -0.15) is 0 Å². The molecule has 5 rings (SSSR count). The summed E-state index contributed by atoms with van der Waals surface area (Å²) in [5, 5.41) is 11.5. The summed E-state index contributed by atoms with van der Waals surface area (Å²) in [6.45, 7) is 12.0. The molecule has 2 aromatic carbocycles. The van der Waals surface area contributed by atoms with Crippen LogP contribution in [0.4, 0.5) is 11.4 Å². The van der Waals surface area contributed by atoms with Gasteiger partial charge in [-0.3, -0.25) is 9.69 Å². The average Bonchev–Trinajstić information content (AvgIpc) is 3.53. The predicted molar refractivity (Wildman–Crippen MR) is 133 cm³/mol. The maximum atomic E-state index is 12.9. The van der Waals surface area contributed by atoms with Crippen LogP contribution in [-0.2, 0) is 0 Å². The average molecular weight is 447 g/mol. The number of fused-ring (bicyclic) bond motifs is 1. The summed E-state index contributed by atoms with van der Waals surface area (Å²) in [6, 6.07) is 13.5. The standard InChI is InChI=1S/C26H34N6O/c1-17(2)32-25-10-7-20(15-24(25)28-29-32)26(33)27-23-9-8-21(14-18(23)3)30-13-11-22(16-30)31-12-5-6-19(31)4/h7-10,14-15,17,19,22H,5-6,11-13,16H2,1-4H3,(H,27,33). The van der Waals surface area contributed by atoms with Crippen molar-refractivity contribution < 1.29 is 4.79 Å². The number of hydrogen-bond acceptors (Lipinski definition) is 5. The van der Waals surface area contributed by atoms with Crippen molar-refractivity contribution in [1.82, 2.24) is 19.9 Å². The van der Waals surface area contributed by atoms with Gasteiger partial charge in [0.25, 0.3) is 5.91 Å². The second-order valence-corrected chi connectivity index (χ2v) is 9.90. The molecule has 2 atom stereocenters. The van der Waals surface area contributed by atoms with E-state index in [0.29, 0.717) is 17.6 Å². The Bertz CT molecular complexity index is 1170. The van der Waals surface area contributed by atoms with Gasteiger partial charge in [0.2, 0.25) is 0 Å². The van der Waals surface area contributed by atoms with E-state index in [1.165, 1.54) is 31.5 Å². The van der Waals surface area contributed by atoms with Crippen LogP contribution in [-0.4, -0.2) is 57.5 Å². The molecule has 1 aromatic heterocycles. The summed E-state index contributed by atoms with van der Waals surface area (Å²) in [5.74, 6) is -0.129. The summed E-state index contributed by atoms with van der Waals surface area (Å²) >= 11 is 0. The van der Waals surface area contributed by atoms with Crippen LogP contribution >= 0.6 is 0 Å². The number of carbonyl (C=O) groups is 1. The van der Waals surface area contributed by atoms with Gasteiger partial charge in [-0.15, -0.1) is 5.10 Å². The van der Waals surface area contributed by atoms with Gasteiger partial charge in [-0.25, -0.2) is 4.68 Å². The van der Waals surface area contributed by atoms with Gasteiger partial charge in [0, 0.05) is 48.2 Å². The van der Waals surface area contributed by atoms with Crippen LogP contribution in [0.25, 0.3) is 11.0 Å². The van der Waals surface area contributed by atoms with E-state index in [9.17, 15) is 4.79 Å². The van der Waals surface area contributed by atoms with Crippen LogP contribution in [0.1, 0.15) is 62.0 Å². The summed E-state index contributed by atoms with van der Waals surface area (Å²) in [6.07, 6.45) is 3.88. The zero-order valence-corrected chi connectivity index (χ0v) is 20.1. The fraction of sp³-hybridized carbons (Fsp3) is 0.500. The third-order valence-electron chi connectivity index (χ3n) is 7.28. The van der Waals surface area contributed by atoms with E-state index in [-0.39, 0.29) is 11.9 Å². The largest absolute Gasteiger partial charge is 0.370 e. The Hall–Kier alpha value is -2.93. The minimum atomic E-state index is -0.129. The normalized spacial score (nSPS) is 21.4. The third kappa shape index (κ3) is 4.22. The van der Waals surface area contributed by atoms with Crippen LogP contribution in [0.3, 0.4) is 0 Å². The smallest absolute Gasteiger partial charge is 0.255 e. The summed E-state index contributed by atoms with van der Waals surface area (Å²) < 4.78 is 1.87. The molecule has 2 saturated heterocycles. The fourth-order valence-corrected chi connectivity index (χ4v) is 5.39. The number of hydrogen-bond donors (Lipinski definition) is 1. The molecule has 2 aliphatic heterocycles. The lowest BCUT2D eigenvalue weighted by Crippen LogP contribution is -2.39. The van der Waals surface area contributed by atoms with Gasteiger partial charge in [0.05, 0.1) is 5.52 Å². The van der Waals surface area contributed by atoms with E-state index in [0.717, 1.165) is 35.4 Å². The molecular formula is C26H34N6O. The van der Waals surface area contributed by atoms with Crippen molar-refractivity contribution in [3.05, 3.63) is 47.5 Å². The molecule has 1 N–H and O–H groups in total. The maximum absolute atomic E-state index is 12.9. The molecule has 2 unspecified atom stereocenters. The number of likely N-dealkylation sites (tertiary alicyclic amines) is 1. The molecule has 33 heavy (non-hydrogen) atoms. The Labute approximate surface area is 195 Å². The van der Waals surface area contributed by atoms with E-state index in [4.69, 9.17) is 0 Å². The van der Waals surface area contributed by atoms with Crippen molar-refractivity contribution in [2.75, 3.05) is 29.9 Å². The van der Waals surface area contributed by atoms with Crippen molar-refractivity contribution in [3.8, 4) is 0 Å². The highest BCUT2D eigenvalue weighted by Crippen LogP contribution is 2.30. The number of aromatic nitrogens is 3. The molecule has 2 aliphatic rings. The first kappa shape index (κ1) is 21.9. The second-order valence-electron chi connectivity index (χ2n) is 9.90. The quantitative estimate of drug-likeness (QED) is 0.619. The van der Waals surface area contributed by atoms with Gasteiger partial charge >= 0.3 is 0 Å². The van der Waals surface area contributed by atoms with Gasteiger partial charge in [0.15, 0.2) is 0 Å². The maximum Gasteiger partial charge on any atom is 0.255 e. The first-order valence-corrected chi connectivity index (χ1v) is 12.2. The number of rotatable bonds is 5. The number of carbonyl (C=O) groups excluding carboxylic acids is 1. The van der Waals surface area contributed by atoms with Crippen LogP contribution in [0, 0.1) is 6.92 Å². The van der Waals surface area contributed by atoms with Crippen LogP contribution < -0.4 is 10.2 Å². The first-order valence-electron chi connectivity index (χ1n) is 12.2. The molecule has 2 fully saturated rings. The van der Waals surface area contributed by atoms with Crippen molar-refractivity contribution in [1.29, 1.82) is 0 Å². The highest BCUT2D eigenvalue weighted by molar-refractivity contribution is 6.06. The Morgan fingerprint density at radius 1 is 1.12 bits per heavy atom. The van der Waals surface area contributed by atoms with Crippen LogP contribution in [0.5, 0.6) is 0 Å². The predicted octanol–water partition coefficient (Wildman–Crippen LogP) is 4.64. The van der Waals surface area contributed by atoms with Gasteiger partial charge in [0.1, 0.15) is 5.52 Å².